The van der Waals surface area contributed by atoms with Gasteiger partial charge in [0.25, 0.3) is 0 Å². The molecule has 1 aliphatic rings. The van der Waals surface area contributed by atoms with E-state index in [1.165, 1.54) is 0 Å². The van der Waals surface area contributed by atoms with Gasteiger partial charge in [-0.05, 0) is 13.0 Å². The van der Waals surface area contributed by atoms with Crippen molar-refractivity contribution in [1.82, 2.24) is 9.88 Å². The number of hydrogen-bond acceptors (Lipinski definition) is 3. The maximum Gasteiger partial charge on any atom is 0.324 e. The Hall–Kier alpha value is -2.01. The minimum atomic E-state index is -0.0238. The number of carbonyl (C=O) groups excluding carboxylic acids is 1. The van der Waals surface area contributed by atoms with Crippen LogP contribution in [0, 0.1) is 0 Å². The Morgan fingerprint density at radius 1 is 1.40 bits per heavy atom. The van der Waals surface area contributed by atoms with Crippen LogP contribution in [0.3, 0.4) is 0 Å². The number of likely N-dealkylation sites (N-methyl/N-ethyl adjacent to an activating group) is 1. The number of halogens is 1. The first-order valence-electron chi connectivity index (χ1n) is 6.52. The molecular formula is C14H15ClN4O. The van der Waals surface area contributed by atoms with Gasteiger partial charge in [-0.2, -0.15) is 0 Å². The number of carbonyl (C=O) groups is 1. The van der Waals surface area contributed by atoms with E-state index in [2.05, 4.69) is 4.98 Å². The van der Waals surface area contributed by atoms with Crippen LogP contribution in [0.4, 0.5) is 16.2 Å². The van der Waals surface area contributed by atoms with E-state index < -0.39 is 0 Å². The van der Waals surface area contributed by atoms with E-state index in [0.717, 1.165) is 5.39 Å². The second kappa shape index (κ2) is 4.83. The van der Waals surface area contributed by atoms with Gasteiger partial charge in [0.15, 0.2) is 0 Å². The molecule has 0 bridgehead atoms. The van der Waals surface area contributed by atoms with Crippen molar-refractivity contribution in [2.24, 2.45) is 0 Å². The van der Waals surface area contributed by atoms with Crippen molar-refractivity contribution >= 4 is 39.9 Å². The summed E-state index contributed by atoms with van der Waals surface area (Å²) in [7, 11) is 0. The molecule has 0 aliphatic carbocycles. The third-order valence-corrected chi connectivity index (χ3v) is 3.88. The Bertz CT molecular complexity index is 688. The van der Waals surface area contributed by atoms with Crippen LogP contribution in [-0.2, 0) is 0 Å². The highest BCUT2D eigenvalue weighted by atomic mass is 35.5. The van der Waals surface area contributed by atoms with Crippen LogP contribution in [0.1, 0.15) is 6.92 Å². The van der Waals surface area contributed by atoms with Gasteiger partial charge in [0.2, 0.25) is 0 Å². The summed E-state index contributed by atoms with van der Waals surface area (Å²) >= 11 is 6.28. The molecule has 2 amide bonds. The van der Waals surface area contributed by atoms with Crippen LogP contribution >= 0.6 is 11.6 Å². The zero-order valence-corrected chi connectivity index (χ0v) is 11.9. The van der Waals surface area contributed by atoms with Crippen LogP contribution in [0.25, 0.3) is 10.9 Å². The molecule has 2 aromatic rings. The van der Waals surface area contributed by atoms with E-state index in [-0.39, 0.29) is 6.03 Å². The zero-order chi connectivity index (χ0) is 14.3. The third kappa shape index (κ3) is 1.86. The molecule has 0 spiro atoms. The number of para-hydroxylation sites is 1. The lowest BCUT2D eigenvalue weighted by molar-refractivity contribution is 0.223. The Kier molecular flexibility index (Phi) is 3.14. The first kappa shape index (κ1) is 13.0. The maximum atomic E-state index is 12.4. The topological polar surface area (TPSA) is 62.5 Å². The Balaban J connectivity index is 2.19. The van der Waals surface area contributed by atoms with Crippen LogP contribution in [-0.4, -0.2) is 35.5 Å². The van der Waals surface area contributed by atoms with Gasteiger partial charge in [0.1, 0.15) is 0 Å². The molecule has 2 heterocycles. The zero-order valence-electron chi connectivity index (χ0n) is 11.1. The molecule has 0 saturated carbocycles. The number of nitrogens with zero attached hydrogens (tertiary/aromatic N) is 3. The summed E-state index contributed by atoms with van der Waals surface area (Å²) in [4.78, 5) is 20.1. The molecule has 3 rings (SSSR count). The molecule has 104 valence electrons. The van der Waals surface area contributed by atoms with Crippen molar-refractivity contribution in [3.63, 3.8) is 0 Å². The van der Waals surface area contributed by atoms with Crippen molar-refractivity contribution < 1.29 is 4.79 Å². The van der Waals surface area contributed by atoms with Crippen LogP contribution in [0.5, 0.6) is 0 Å². The molecule has 2 N–H and O–H groups in total. The average Bonchev–Trinajstić information content (AvgIpc) is 2.80. The third-order valence-electron chi connectivity index (χ3n) is 3.60. The molecule has 0 radical (unpaired) electrons. The van der Waals surface area contributed by atoms with E-state index >= 15 is 0 Å². The van der Waals surface area contributed by atoms with Gasteiger partial charge >= 0.3 is 6.03 Å². The van der Waals surface area contributed by atoms with Crippen LogP contribution in [0.15, 0.2) is 24.4 Å². The fourth-order valence-electron chi connectivity index (χ4n) is 2.57. The minimum Gasteiger partial charge on any atom is -0.397 e. The van der Waals surface area contributed by atoms with Crippen molar-refractivity contribution in [3.05, 3.63) is 29.4 Å². The van der Waals surface area contributed by atoms with Gasteiger partial charge in [0, 0.05) is 31.2 Å². The molecule has 0 atom stereocenters. The van der Waals surface area contributed by atoms with Crippen molar-refractivity contribution in [2.75, 3.05) is 30.3 Å². The number of nitrogen functional groups attached to an aromatic ring is 1. The predicted molar refractivity (Wildman–Crippen MR) is 81.2 cm³/mol. The molecule has 1 aliphatic heterocycles. The summed E-state index contributed by atoms with van der Waals surface area (Å²) in [6.07, 6.45) is 1.55. The van der Waals surface area contributed by atoms with Gasteiger partial charge in [-0.25, -0.2) is 4.79 Å². The molecular weight excluding hydrogens is 276 g/mol. The van der Waals surface area contributed by atoms with Crippen molar-refractivity contribution in [3.8, 4) is 0 Å². The Morgan fingerprint density at radius 2 is 2.20 bits per heavy atom. The average molecular weight is 291 g/mol. The fourth-order valence-corrected chi connectivity index (χ4v) is 2.82. The summed E-state index contributed by atoms with van der Waals surface area (Å²) in [5.74, 6) is 0. The lowest BCUT2D eigenvalue weighted by atomic mass is 10.1. The number of pyridine rings is 1. The highest BCUT2D eigenvalue weighted by Crippen LogP contribution is 2.36. The first-order chi connectivity index (χ1) is 9.63. The van der Waals surface area contributed by atoms with Gasteiger partial charge in [0.05, 0.1) is 21.9 Å². The highest BCUT2D eigenvalue weighted by molar-refractivity contribution is 6.35. The normalized spacial score (nSPS) is 15.4. The SMILES string of the molecule is CCN1CCN(c2c(Cl)cnc3c(N)cccc23)C1=O. The van der Waals surface area contributed by atoms with E-state index in [1.54, 1.807) is 22.1 Å². The molecule has 6 heteroatoms. The predicted octanol–water partition coefficient (Wildman–Crippen LogP) is 2.73. The van der Waals surface area contributed by atoms with Gasteiger partial charge in [-0.15, -0.1) is 0 Å². The summed E-state index contributed by atoms with van der Waals surface area (Å²) in [6.45, 7) is 3.99. The standard InChI is InChI=1S/C14H15ClN4O/c1-2-18-6-7-19(14(18)20)13-9-4-3-5-11(16)12(9)17-8-10(13)15/h3-5,8H,2,6-7,16H2,1H3. The number of anilines is 2. The van der Waals surface area contributed by atoms with Gasteiger partial charge in [-0.3, -0.25) is 9.88 Å². The monoisotopic (exact) mass is 290 g/mol. The number of nitrogens with two attached hydrogens (primary N) is 1. The summed E-state index contributed by atoms with van der Waals surface area (Å²) in [5.41, 5.74) is 7.90. The molecule has 5 nitrogen and oxygen atoms in total. The van der Waals surface area contributed by atoms with Crippen LogP contribution in [0.2, 0.25) is 5.02 Å². The quantitative estimate of drug-likeness (QED) is 0.865. The highest BCUT2D eigenvalue weighted by Gasteiger charge is 2.31. The second-order valence-corrected chi connectivity index (χ2v) is 5.12. The van der Waals surface area contributed by atoms with Crippen molar-refractivity contribution in [2.45, 2.75) is 6.92 Å². The Morgan fingerprint density at radius 3 is 2.90 bits per heavy atom. The summed E-state index contributed by atoms with van der Waals surface area (Å²) < 4.78 is 0. The van der Waals surface area contributed by atoms with Crippen LogP contribution < -0.4 is 10.6 Å². The maximum absolute atomic E-state index is 12.4. The van der Waals surface area contributed by atoms with Gasteiger partial charge in [-0.1, -0.05) is 23.7 Å². The van der Waals surface area contributed by atoms with E-state index in [4.69, 9.17) is 17.3 Å². The number of amides is 2. The molecule has 20 heavy (non-hydrogen) atoms. The summed E-state index contributed by atoms with van der Waals surface area (Å²) in [5, 5.41) is 1.28. The number of benzene rings is 1. The van der Waals surface area contributed by atoms with Crippen molar-refractivity contribution in [1.29, 1.82) is 0 Å². The summed E-state index contributed by atoms with van der Waals surface area (Å²) in [6, 6.07) is 5.50. The lowest BCUT2D eigenvalue weighted by Crippen LogP contribution is -2.31. The largest absolute Gasteiger partial charge is 0.397 e. The molecule has 1 fully saturated rings. The molecule has 1 aromatic carbocycles. The first-order valence-corrected chi connectivity index (χ1v) is 6.90. The van der Waals surface area contributed by atoms with E-state index in [9.17, 15) is 4.79 Å². The van der Waals surface area contributed by atoms with E-state index in [0.29, 0.717) is 41.5 Å². The number of rotatable bonds is 2. The molecule has 1 saturated heterocycles. The van der Waals surface area contributed by atoms with E-state index in [1.807, 2.05) is 19.1 Å². The lowest BCUT2D eigenvalue weighted by Gasteiger charge is -2.20. The Labute approximate surface area is 121 Å². The second-order valence-electron chi connectivity index (χ2n) is 4.71. The minimum absolute atomic E-state index is 0.0238. The number of urea groups is 1. The number of fused-ring (bicyclic) bond motifs is 1. The number of aromatic nitrogens is 1. The molecule has 1 aromatic heterocycles. The number of hydrogen-bond donors (Lipinski definition) is 1. The fraction of sp³-hybridized carbons (Fsp3) is 0.286. The molecule has 0 unspecified atom stereocenters. The van der Waals surface area contributed by atoms with Gasteiger partial charge < -0.3 is 10.6 Å². The smallest absolute Gasteiger partial charge is 0.324 e.